The lowest BCUT2D eigenvalue weighted by Crippen LogP contribution is -2.43. The fraction of sp³-hybridized carbons (Fsp3) is 0.346. The minimum atomic E-state index is 0.0461. The predicted molar refractivity (Wildman–Crippen MR) is 135 cm³/mol. The summed E-state index contributed by atoms with van der Waals surface area (Å²) in [7, 11) is 0. The van der Waals surface area contributed by atoms with E-state index >= 15 is 0 Å². The standard InChI is InChI=1S/C26H29N5OS/c1-19-13-24-23(29-15-19)4-5-26(32)31(24)11-10-30-8-6-22(7-9-30)28-17-20-14-21(18-27-16-20)25-3-2-12-33-25/h2-5,12-16,18,22,28H,6-11,17H2,1H3. The summed E-state index contributed by atoms with van der Waals surface area (Å²) in [5.41, 5.74) is 5.34. The van der Waals surface area contributed by atoms with E-state index in [1.54, 1.807) is 17.4 Å². The highest BCUT2D eigenvalue weighted by atomic mass is 32.1. The molecule has 0 atom stereocenters. The monoisotopic (exact) mass is 459 g/mol. The molecule has 0 aromatic carbocycles. The number of pyridine rings is 3. The van der Waals surface area contributed by atoms with Crippen LogP contribution in [0.5, 0.6) is 0 Å². The van der Waals surface area contributed by atoms with Crippen molar-refractivity contribution in [3.05, 3.63) is 81.8 Å². The van der Waals surface area contributed by atoms with Crippen molar-refractivity contribution in [2.45, 2.75) is 38.9 Å². The van der Waals surface area contributed by atoms with Crippen molar-refractivity contribution >= 4 is 22.4 Å². The van der Waals surface area contributed by atoms with Gasteiger partial charge >= 0.3 is 0 Å². The summed E-state index contributed by atoms with van der Waals surface area (Å²) >= 11 is 1.75. The fourth-order valence-corrected chi connectivity index (χ4v) is 5.23. The van der Waals surface area contributed by atoms with E-state index in [0.29, 0.717) is 12.6 Å². The third-order valence-electron chi connectivity index (χ3n) is 6.40. The van der Waals surface area contributed by atoms with Gasteiger partial charge in [0.25, 0.3) is 5.56 Å². The Morgan fingerprint density at radius 2 is 1.97 bits per heavy atom. The molecule has 6 nitrogen and oxygen atoms in total. The Morgan fingerprint density at radius 1 is 1.09 bits per heavy atom. The number of nitrogens with one attached hydrogen (secondary N) is 1. The Hall–Kier alpha value is -2.87. The van der Waals surface area contributed by atoms with Crippen LogP contribution in [-0.2, 0) is 13.1 Å². The largest absolute Gasteiger partial charge is 0.310 e. The van der Waals surface area contributed by atoms with Crippen LogP contribution >= 0.6 is 11.3 Å². The number of nitrogens with zero attached hydrogens (tertiary/aromatic N) is 4. The molecule has 0 saturated carbocycles. The highest BCUT2D eigenvalue weighted by Gasteiger charge is 2.19. The van der Waals surface area contributed by atoms with Crippen LogP contribution in [-0.4, -0.2) is 45.1 Å². The molecule has 1 fully saturated rings. The van der Waals surface area contributed by atoms with E-state index < -0.39 is 0 Å². The van der Waals surface area contributed by atoms with E-state index in [9.17, 15) is 4.79 Å². The highest BCUT2D eigenvalue weighted by Crippen LogP contribution is 2.24. The summed E-state index contributed by atoms with van der Waals surface area (Å²) in [6.07, 6.45) is 7.97. The van der Waals surface area contributed by atoms with E-state index in [0.717, 1.165) is 55.6 Å². The molecule has 170 valence electrons. The average Bonchev–Trinajstić information content (AvgIpc) is 3.38. The number of likely N-dealkylation sites (tertiary alicyclic amines) is 1. The maximum absolute atomic E-state index is 12.5. The van der Waals surface area contributed by atoms with E-state index in [4.69, 9.17) is 0 Å². The minimum Gasteiger partial charge on any atom is -0.310 e. The van der Waals surface area contributed by atoms with Crippen LogP contribution in [0.1, 0.15) is 24.0 Å². The van der Waals surface area contributed by atoms with Gasteiger partial charge in [0.05, 0.1) is 11.0 Å². The molecule has 0 amide bonds. The smallest absolute Gasteiger partial charge is 0.251 e. The van der Waals surface area contributed by atoms with Crippen molar-refractivity contribution in [1.82, 2.24) is 24.8 Å². The number of thiophene rings is 1. The minimum absolute atomic E-state index is 0.0461. The normalized spacial score (nSPS) is 15.3. The lowest BCUT2D eigenvalue weighted by molar-refractivity contribution is 0.191. The Bertz CT molecular complexity index is 1280. The Morgan fingerprint density at radius 3 is 2.79 bits per heavy atom. The number of hydrogen-bond acceptors (Lipinski definition) is 6. The van der Waals surface area contributed by atoms with Gasteiger partial charge in [0.1, 0.15) is 0 Å². The molecule has 4 aromatic rings. The Kier molecular flexibility index (Phi) is 6.62. The maximum atomic E-state index is 12.5. The molecular weight excluding hydrogens is 430 g/mol. The summed E-state index contributed by atoms with van der Waals surface area (Å²) in [5.74, 6) is 0. The quantitative estimate of drug-likeness (QED) is 0.451. The van der Waals surface area contributed by atoms with Crippen molar-refractivity contribution in [3.63, 3.8) is 0 Å². The molecule has 4 aromatic heterocycles. The molecule has 0 aliphatic carbocycles. The van der Waals surface area contributed by atoms with Crippen LogP contribution < -0.4 is 10.9 Å². The van der Waals surface area contributed by atoms with E-state index in [1.807, 2.05) is 36.1 Å². The van der Waals surface area contributed by atoms with Crippen LogP contribution in [0.15, 0.2) is 65.2 Å². The SMILES string of the molecule is Cc1cnc2ccc(=O)n(CCN3CCC(NCc4cncc(-c5cccs5)c4)CC3)c2c1. The topological polar surface area (TPSA) is 63.1 Å². The number of rotatable bonds is 7. The van der Waals surface area contributed by atoms with Crippen molar-refractivity contribution in [1.29, 1.82) is 0 Å². The molecule has 1 aliphatic heterocycles. The third kappa shape index (κ3) is 5.21. The van der Waals surface area contributed by atoms with E-state index in [1.165, 1.54) is 16.0 Å². The first-order valence-electron chi connectivity index (χ1n) is 11.6. The number of piperidine rings is 1. The number of fused-ring (bicyclic) bond motifs is 1. The lowest BCUT2D eigenvalue weighted by Gasteiger charge is -2.32. The average molecular weight is 460 g/mol. The Labute approximate surface area is 197 Å². The van der Waals surface area contributed by atoms with Crippen LogP contribution in [0, 0.1) is 6.92 Å². The van der Waals surface area contributed by atoms with Crippen molar-refractivity contribution < 1.29 is 0 Å². The van der Waals surface area contributed by atoms with Gasteiger partial charge in [-0.15, -0.1) is 11.3 Å². The maximum Gasteiger partial charge on any atom is 0.251 e. The van der Waals surface area contributed by atoms with Gasteiger partial charge in [0, 0.05) is 60.8 Å². The van der Waals surface area contributed by atoms with Gasteiger partial charge in [-0.05, 0) is 73.6 Å². The second-order valence-electron chi connectivity index (χ2n) is 8.80. The zero-order chi connectivity index (χ0) is 22.6. The molecule has 0 unspecified atom stereocenters. The molecule has 5 rings (SSSR count). The van der Waals surface area contributed by atoms with Crippen molar-refractivity contribution in [2.24, 2.45) is 0 Å². The van der Waals surface area contributed by atoms with E-state index in [2.05, 4.69) is 49.8 Å². The number of aromatic nitrogens is 3. The second-order valence-corrected chi connectivity index (χ2v) is 9.74. The summed E-state index contributed by atoms with van der Waals surface area (Å²) < 4.78 is 1.87. The molecule has 7 heteroatoms. The first-order valence-corrected chi connectivity index (χ1v) is 12.4. The summed E-state index contributed by atoms with van der Waals surface area (Å²) in [4.78, 5) is 25.1. The third-order valence-corrected chi connectivity index (χ3v) is 7.32. The summed E-state index contributed by atoms with van der Waals surface area (Å²) in [6, 6.07) is 12.5. The van der Waals surface area contributed by atoms with Gasteiger partial charge in [-0.25, -0.2) is 0 Å². The van der Waals surface area contributed by atoms with Gasteiger partial charge in [0.2, 0.25) is 0 Å². The van der Waals surface area contributed by atoms with Gasteiger partial charge < -0.3 is 14.8 Å². The van der Waals surface area contributed by atoms with Crippen LogP contribution in [0.3, 0.4) is 0 Å². The molecule has 0 spiro atoms. The highest BCUT2D eigenvalue weighted by molar-refractivity contribution is 7.13. The number of hydrogen-bond donors (Lipinski definition) is 1. The molecule has 1 aliphatic rings. The Balaban J connectivity index is 1.13. The first kappa shape index (κ1) is 21.9. The van der Waals surface area contributed by atoms with Crippen LogP contribution in [0.4, 0.5) is 0 Å². The zero-order valence-corrected chi connectivity index (χ0v) is 19.7. The predicted octanol–water partition coefficient (Wildman–Crippen LogP) is 4.08. The lowest BCUT2D eigenvalue weighted by atomic mass is 10.0. The van der Waals surface area contributed by atoms with Crippen LogP contribution in [0.25, 0.3) is 21.5 Å². The number of aryl methyl sites for hydroxylation is 1. The van der Waals surface area contributed by atoms with Crippen molar-refractivity contribution in [2.75, 3.05) is 19.6 Å². The molecule has 5 heterocycles. The molecular formula is C26H29N5OS. The van der Waals surface area contributed by atoms with Gasteiger partial charge in [-0.1, -0.05) is 6.07 Å². The van der Waals surface area contributed by atoms with Gasteiger partial charge in [-0.2, -0.15) is 0 Å². The van der Waals surface area contributed by atoms with Crippen LogP contribution in [0.2, 0.25) is 0 Å². The first-order chi connectivity index (χ1) is 16.2. The molecule has 1 N–H and O–H groups in total. The van der Waals surface area contributed by atoms with Gasteiger partial charge in [-0.3, -0.25) is 14.8 Å². The summed E-state index contributed by atoms with van der Waals surface area (Å²) in [5, 5.41) is 5.82. The van der Waals surface area contributed by atoms with Crippen molar-refractivity contribution in [3.8, 4) is 10.4 Å². The van der Waals surface area contributed by atoms with Gasteiger partial charge in [0.15, 0.2) is 0 Å². The molecule has 1 saturated heterocycles. The molecule has 33 heavy (non-hydrogen) atoms. The summed E-state index contributed by atoms with van der Waals surface area (Å²) in [6.45, 7) is 6.52. The zero-order valence-electron chi connectivity index (χ0n) is 18.9. The van der Waals surface area contributed by atoms with E-state index in [-0.39, 0.29) is 5.56 Å². The molecule has 0 radical (unpaired) electrons. The second kappa shape index (κ2) is 9.95. The fourth-order valence-electron chi connectivity index (χ4n) is 4.52. The molecule has 0 bridgehead atoms.